The Hall–Kier alpha value is -1.69. The average Bonchev–Trinajstić information content (AvgIpc) is 2.61. The van der Waals surface area contributed by atoms with Crippen LogP contribution in [0.3, 0.4) is 0 Å². The van der Waals surface area contributed by atoms with Gasteiger partial charge >= 0.3 is 0 Å². The van der Waals surface area contributed by atoms with Gasteiger partial charge in [0.1, 0.15) is 0 Å². The second-order valence-electron chi connectivity index (χ2n) is 6.18. The van der Waals surface area contributed by atoms with Crippen molar-refractivity contribution in [1.29, 1.82) is 0 Å². The first-order valence-corrected chi connectivity index (χ1v) is 13.0. The molecule has 0 fully saturated rings. The molecule has 0 unspecified atom stereocenters. The lowest BCUT2D eigenvalue weighted by molar-refractivity contribution is 1.37. The van der Waals surface area contributed by atoms with E-state index in [9.17, 15) is 0 Å². The topological polar surface area (TPSA) is 0 Å². The van der Waals surface area contributed by atoms with Gasteiger partial charge in [-0.15, -0.1) is 39.5 Å². The number of hydrogen-bond acceptors (Lipinski definition) is 0. The maximum atomic E-state index is 3.95. The average molecular weight is 367 g/mol. The van der Waals surface area contributed by atoms with Crippen molar-refractivity contribution in [2.45, 2.75) is 16.6 Å². The maximum absolute atomic E-state index is 3.95. The van der Waals surface area contributed by atoms with Crippen LogP contribution < -0.4 is 15.6 Å². The smallest absolute Gasteiger partial charge is 0.0663 e. The highest BCUT2D eigenvalue weighted by atomic mass is 28.2. The van der Waals surface area contributed by atoms with Crippen molar-refractivity contribution >= 4 is 44.1 Å². The SMILES string of the molecule is C=CC(C=C)[SiH2]c1cc([SiH2]C(C=C)C=C)cc([SiH2]C(C=C)C=C)c1. The fourth-order valence-corrected chi connectivity index (χ4v) is 8.58. The van der Waals surface area contributed by atoms with E-state index in [1.54, 1.807) is 0 Å². The Labute approximate surface area is 154 Å². The van der Waals surface area contributed by atoms with E-state index in [1.165, 1.54) is 15.6 Å². The molecular formula is C21H30Si3. The summed E-state index contributed by atoms with van der Waals surface area (Å²) in [5, 5.41) is 4.56. The molecule has 1 aromatic carbocycles. The first-order valence-electron chi connectivity index (χ1n) is 8.47. The van der Waals surface area contributed by atoms with Crippen molar-refractivity contribution in [2.75, 3.05) is 0 Å². The predicted molar refractivity (Wildman–Crippen MR) is 123 cm³/mol. The van der Waals surface area contributed by atoms with Crippen LogP contribution in [0.5, 0.6) is 0 Å². The highest BCUT2D eigenvalue weighted by molar-refractivity contribution is 6.63. The lowest BCUT2D eigenvalue weighted by Crippen LogP contribution is -2.34. The van der Waals surface area contributed by atoms with Gasteiger partial charge in [-0.05, 0) is 16.6 Å². The van der Waals surface area contributed by atoms with Crippen LogP contribution in [0.25, 0.3) is 0 Å². The lowest BCUT2D eigenvalue weighted by atomic mass is 10.3. The number of rotatable bonds is 12. The van der Waals surface area contributed by atoms with Gasteiger partial charge < -0.3 is 0 Å². The van der Waals surface area contributed by atoms with Gasteiger partial charge in [-0.3, -0.25) is 0 Å². The molecule has 0 N–H and O–H groups in total. The Balaban J connectivity index is 3.16. The normalized spacial score (nSPS) is 12.1. The van der Waals surface area contributed by atoms with E-state index in [-0.39, 0.29) is 0 Å². The van der Waals surface area contributed by atoms with Gasteiger partial charge in [0.2, 0.25) is 0 Å². The van der Waals surface area contributed by atoms with E-state index in [0.717, 1.165) is 0 Å². The minimum Gasteiger partial charge on any atom is -0.103 e. The van der Waals surface area contributed by atoms with Crippen LogP contribution in [0.15, 0.2) is 94.1 Å². The number of benzene rings is 1. The van der Waals surface area contributed by atoms with Gasteiger partial charge in [-0.2, -0.15) is 0 Å². The minimum absolute atomic E-state index is 0.428. The summed E-state index contributed by atoms with van der Waals surface area (Å²) in [5.74, 6) is 0. The zero-order valence-electron chi connectivity index (χ0n) is 14.8. The molecule has 0 aliphatic rings. The molecule has 0 heterocycles. The van der Waals surface area contributed by atoms with E-state index < -0.39 is 28.6 Å². The molecule has 0 saturated heterocycles. The Morgan fingerprint density at radius 2 is 0.708 bits per heavy atom. The Morgan fingerprint density at radius 3 is 0.875 bits per heavy atom. The van der Waals surface area contributed by atoms with E-state index in [4.69, 9.17) is 0 Å². The summed E-state index contributed by atoms with van der Waals surface area (Å²) in [5.41, 5.74) is 1.38. The first kappa shape index (κ1) is 20.4. The lowest BCUT2D eigenvalue weighted by Gasteiger charge is -2.15. The summed E-state index contributed by atoms with van der Waals surface area (Å²) in [6.45, 7) is 23.7. The molecule has 1 rings (SSSR count). The molecule has 0 atom stereocenters. The molecule has 1 aromatic rings. The molecule has 0 aliphatic carbocycles. The van der Waals surface area contributed by atoms with Gasteiger partial charge in [-0.25, -0.2) is 0 Å². The van der Waals surface area contributed by atoms with Gasteiger partial charge in [-0.1, -0.05) is 70.2 Å². The summed E-state index contributed by atoms with van der Waals surface area (Å²) in [7, 11) is -1.28. The highest BCUT2D eigenvalue weighted by Gasteiger charge is 2.10. The van der Waals surface area contributed by atoms with Crippen LogP contribution in [0, 0.1) is 0 Å². The van der Waals surface area contributed by atoms with Crippen molar-refractivity contribution in [3.63, 3.8) is 0 Å². The van der Waals surface area contributed by atoms with Gasteiger partial charge in [0, 0.05) is 0 Å². The van der Waals surface area contributed by atoms with Crippen LogP contribution in [-0.2, 0) is 0 Å². The van der Waals surface area contributed by atoms with Gasteiger partial charge in [0.05, 0.1) is 28.6 Å². The maximum Gasteiger partial charge on any atom is 0.0663 e. The highest BCUT2D eigenvalue weighted by Crippen LogP contribution is 2.07. The fourth-order valence-electron chi connectivity index (χ4n) is 2.80. The quantitative estimate of drug-likeness (QED) is 0.389. The molecule has 0 aromatic heterocycles. The summed E-state index contributed by atoms with van der Waals surface area (Å²) in [4.78, 5) is 0. The summed E-state index contributed by atoms with van der Waals surface area (Å²) in [6.07, 6.45) is 12.2. The second-order valence-corrected chi connectivity index (χ2v) is 12.7. The molecular weight excluding hydrogens is 336 g/mol. The van der Waals surface area contributed by atoms with Crippen molar-refractivity contribution < 1.29 is 0 Å². The van der Waals surface area contributed by atoms with Crippen LogP contribution in [-0.4, -0.2) is 28.6 Å². The van der Waals surface area contributed by atoms with Crippen molar-refractivity contribution in [1.82, 2.24) is 0 Å². The monoisotopic (exact) mass is 366 g/mol. The van der Waals surface area contributed by atoms with Crippen LogP contribution in [0.1, 0.15) is 0 Å². The summed E-state index contributed by atoms with van der Waals surface area (Å²) >= 11 is 0. The fraction of sp³-hybridized carbons (Fsp3) is 0.143. The van der Waals surface area contributed by atoms with E-state index in [1.807, 2.05) is 36.5 Å². The third-order valence-electron chi connectivity index (χ3n) is 4.34. The molecule has 0 amide bonds. The first-order chi connectivity index (χ1) is 11.6. The Morgan fingerprint density at radius 1 is 0.500 bits per heavy atom. The molecule has 126 valence electrons. The molecule has 3 heteroatoms. The molecule has 0 nitrogen and oxygen atoms in total. The molecule has 0 radical (unpaired) electrons. The predicted octanol–water partition coefficient (Wildman–Crippen LogP) is 1.55. The molecule has 0 bridgehead atoms. The third kappa shape index (κ3) is 6.43. The standard InChI is InChI=1S/C21H30Si3/c1-7-16(8-2)22-19-13-20(23-17(9-3)10-4)15-21(14-19)24-18(11-5)12-6/h7-18H,1-6,22-24H2. The second kappa shape index (κ2) is 11.0. The van der Waals surface area contributed by atoms with Gasteiger partial charge in [0.15, 0.2) is 0 Å². The molecule has 0 spiro atoms. The number of allylic oxidation sites excluding steroid dienone is 6. The van der Waals surface area contributed by atoms with Gasteiger partial charge in [0.25, 0.3) is 0 Å². The van der Waals surface area contributed by atoms with E-state index in [2.05, 4.69) is 57.7 Å². The van der Waals surface area contributed by atoms with Crippen LogP contribution >= 0.6 is 0 Å². The third-order valence-corrected chi connectivity index (χ3v) is 10.4. The zero-order valence-corrected chi connectivity index (χ0v) is 19.0. The van der Waals surface area contributed by atoms with E-state index >= 15 is 0 Å². The van der Waals surface area contributed by atoms with Crippen molar-refractivity contribution in [3.8, 4) is 0 Å². The molecule has 0 aliphatic heterocycles. The van der Waals surface area contributed by atoms with Crippen LogP contribution in [0.2, 0.25) is 16.6 Å². The van der Waals surface area contributed by atoms with Crippen molar-refractivity contribution in [2.24, 2.45) is 0 Å². The zero-order chi connectivity index (χ0) is 17.9. The van der Waals surface area contributed by atoms with E-state index in [0.29, 0.717) is 16.6 Å². The Bertz CT molecular complexity index is 493. The largest absolute Gasteiger partial charge is 0.103 e. The summed E-state index contributed by atoms with van der Waals surface area (Å²) < 4.78 is 0. The minimum atomic E-state index is -0.428. The molecule has 0 saturated carbocycles. The van der Waals surface area contributed by atoms with Crippen molar-refractivity contribution in [3.05, 3.63) is 94.1 Å². The van der Waals surface area contributed by atoms with Crippen LogP contribution in [0.4, 0.5) is 0 Å². The molecule has 24 heavy (non-hydrogen) atoms. The number of hydrogen-bond donors (Lipinski definition) is 0. The summed E-state index contributed by atoms with van der Waals surface area (Å²) in [6, 6.07) is 7.27. The Kier molecular flexibility index (Phi) is 9.30.